The second kappa shape index (κ2) is 13.8. The lowest BCUT2D eigenvalue weighted by Gasteiger charge is -2.41. The summed E-state index contributed by atoms with van der Waals surface area (Å²) in [5, 5.41) is 0. The van der Waals surface area contributed by atoms with Crippen LogP contribution in [0.25, 0.3) is 0 Å². The van der Waals surface area contributed by atoms with E-state index < -0.39 is 34.6 Å². The molecule has 1 heterocycles. The van der Waals surface area contributed by atoms with E-state index in [9.17, 15) is 8.42 Å². The first kappa shape index (κ1) is 27.4. The van der Waals surface area contributed by atoms with Crippen molar-refractivity contribution >= 4 is 10.0 Å². The third-order valence-corrected chi connectivity index (χ3v) is 7.58. The van der Waals surface area contributed by atoms with Gasteiger partial charge in [-0.2, -0.15) is 4.72 Å². The zero-order valence-electron chi connectivity index (χ0n) is 21.1. The summed E-state index contributed by atoms with van der Waals surface area (Å²) in [6.45, 7) is 2.99. The van der Waals surface area contributed by atoms with Crippen molar-refractivity contribution in [1.82, 2.24) is 4.72 Å². The van der Waals surface area contributed by atoms with Crippen LogP contribution in [0.1, 0.15) is 30.0 Å². The van der Waals surface area contributed by atoms with Crippen LogP contribution in [0.15, 0.2) is 91.0 Å². The van der Waals surface area contributed by atoms with Gasteiger partial charge in [0.2, 0.25) is 10.0 Å². The molecule has 1 aliphatic rings. The molecule has 0 unspecified atom stereocenters. The molecule has 0 bridgehead atoms. The summed E-state index contributed by atoms with van der Waals surface area (Å²) in [6.07, 6.45) is -1.82. The molecule has 0 aromatic heterocycles. The summed E-state index contributed by atoms with van der Waals surface area (Å²) in [5.41, 5.74) is 3.10. The Bertz CT molecular complexity index is 1160. The van der Waals surface area contributed by atoms with Gasteiger partial charge in [0.15, 0.2) is 0 Å². The molecule has 7 nitrogen and oxygen atoms in total. The first-order chi connectivity index (χ1) is 18.0. The zero-order valence-corrected chi connectivity index (χ0v) is 21.9. The number of ether oxygens (including phenoxy) is 4. The molecule has 0 aliphatic carbocycles. The van der Waals surface area contributed by atoms with Gasteiger partial charge in [-0.1, -0.05) is 91.0 Å². The molecule has 198 valence electrons. The molecular weight excluding hydrogens is 490 g/mol. The topological polar surface area (TPSA) is 83.1 Å². The molecule has 3 aromatic rings. The maximum Gasteiger partial charge on any atom is 0.213 e. The van der Waals surface area contributed by atoms with Gasteiger partial charge in [0.1, 0.15) is 18.4 Å². The lowest BCUT2D eigenvalue weighted by Crippen LogP contribution is -2.56. The van der Waals surface area contributed by atoms with Gasteiger partial charge in [-0.05, 0) is 23.6 Å². The number of rotatable bonds is 13. The molecule has 1 fully saturated rings. The van der Waals surface area contributed by atoms with Crippen molar-refractivity contribution in [3.8, 4) is 0 Å². The molecule has 4 rings (SSSR count). The normalized spacial score (nSPS) is 22.1. The standard InChI is InChI=1S/C29H35NO6S/c1-2-37(31,32)30-28-18-26(34-20-24-14-8-4-9-15-24)29(35-21-25-16-10-5-11-17-25)27(36-28)22-33-19-23-12-6-3-7-13-23/h3-17,26-30H,2,18-22H2,1H3/t26-,27-,28-,29-/m1/s1. The van der Waals surface area contributed by atoms with E-state index in [4.69, 9.17) is 18.9 Å². The fraction of sp³-hybridized carbons (Fsp3) is 0.379. The first-order valence-corrected chi connectivity index (χ1v) is 14.3. The van der Waals surface area contributed by atoms with Crippen molar-refractivity contribution in [2.75, 3.05) is 12.4 Å². The van der Waals surface area contributed by atoms with Gasteiger partial charge in [0.25, 0.3) is 0 Å². The van der Waals surface area contributed by atoms with Gasteiger partial charge in [-0.3, -0.25) is 0 Å². The molecule has 3 aromatic carbocycles. The zero-order chi connectivity index (χ0) is 25.9. The molecule has 1 N–H and O–H groups in total. The van der Waals surface area contributed by atoms with E-state index in [1.807, 2.05) is 91.0 Å². The van der Waals surface area contributed by atoms with Gasteiger partial charge in [0, 0.05) is 6.42 Å². The Morgan fingerprint density at radius 2 is 1.30 bits per heavy atom. The molecule has 0 spiro atoms. The maximum atomic E-state index is 12.4. The number of nitrogens with one attached hydrogen (secondary N) is 1. The molecule has 1 saturated heterocycles. The molecule has 4 atom stereocenters. The Labute approximate surface area is 219 Å². The monoisotopic (exact) mass is 525 g/mol. The van der Waals surface area contributed by atoms with E-state index in [1.165, 1.54) is 0 Å². The van der Waals surface area contributed by atoms with Crippen LogP contribution < -0.4 is 4.72 Å². The summed E-state index contributed by atoms with van der Waals surface area (Å²) >= 11 is 0. The Morgan fingerprint density at radius 1 is 0.784 bits per heavy atom. The molecule has 8 heteroatoms. The first-order valence-electron chi connectivity index (χ1n) is 12.6. The highest BCUT2D eigenvalue weighted by Crippen LogP contribution is 2.27. The van der Waals surface area contributed by atoms with Gasteiger partial charge in [-0.15, -0.1) is 0 Å². The summed E-state index contributed by atoms with van der Waals surface area (Å²) in [7, 11) is -3.48. The lowest BCUT2D eigenvalue weighted by molar-refractivity contribution is -0.222. The van der Waals surface area contributed by atoms with Crippen LogP contribution in [0, 0.1) is 0 Å². The number of hydrogen-bond acceptors (Lipinski definition) is 6. The molecule has 0 amide bonds. The van der Waals surface area contributed by atoms with E-state index in [0.717, 1.165) is 16.7 Å². The summed E-state index contributed by atoms with van der Waals surface area (Å²) in [4.78, 5) is 0. The number of benzene rings is 3. The molecule has 1 aliphatic heterocycles. The summed E-state index contributed by atoms with van der Waals surface area (Å²) in [5.74, 6) is -0.0362. The summed E-state index contributed by atoms with van der Waals surface area (Å²) < 4.78 is 52.4. The largest absolute Gasteiger partial charge is 0.374 e. The molecule has 0 saturated carbocycles. The van der Waals surface area contributed by atoms with Crippen molar-refractivity contribution in [1.29, 1.82) is 0 Å². The quantitative estimate of drug-likeness (QED) is 0.356. The van der Waals surface area contributed by atoms with E-state index >= 15 is 0 Å². The minimum atomic E-state index is -3.48. The third-order valence-electron chi connectivity index (χ3n) is 6.20. The van der Waals surface area contributed by atoms with Gasteiger partial charge in [0.05, 0.1) is 38.3 Å². The van der Waals surface area contributed by atoms with Crippen molar-refractivity contribution in [3.63, 3.8) is 0 Å². The van der Waals surface area contributed by atoms with Crippen LogP contribution in [-0.4, -0.2) is 45.3 Å². The van der Waals surface area contributed by atoms with E-state index in [0.29, 0.717) is 26.2 Å². The fourth-order valence-corrected chi connectivity index (χ4v) is 4.93. The van der Waals surface area contributed by atoms with Crippen molar-refractivity contribution in [2.45, 2.75) is 57.7 Å². The molecule has 0 radical (unpaired) electrons. The Balaban J connectivity index is 1.51. The highest BCUT2D eigenvalue weighted by Gasteiger charge is 2.41. The van der Waals surface area contributed by atoms with Crippen molar-refractivity contribution in [2.24, 2.45) is 0 Å². The smallest absolute Gasteiger partial charge is 0.213 e. The van der Waals surface area contributed by atoms with Crippen LogP contribution in [0.2, 0.25) is 0 Å². The van der Waals surface area contributed by atoms with E-state index in [1.54, 1.807) is 6.92 Å². The molecular formula is C29H35NO6S. The predicted octanol–water partition coefficient (Wildman–Crippen LogP) is 4.43. The predicted molar refractivity (Wildman–Crippen MR) is 142 cm³/mol. The van der Waals surface area contributed by atoms with Crippen LogP contribution in [0.3, 0.4) is 0 Å². The highest BCUT2D eigenvalue weighted by molar-refractivity contribution is 7.89. The fourth-order valence-electron chi connectivity index (χ4n) is 4.21. The highest BCUT2D eigenvalue weighted by atomic mass is 32.2. The third kappa shape index (κ3) is 8.74. The van der Waals surface area contributed by atoms with Crippen LogP contribution in [0.4, 0.5) is 0 Å². The van der Waals surface area contributed by atoms with Gasteiger partial charge < -0.3 is 18.9 Å². The number of sulfonamides is 1. The lowest BCUT2D eigenvalue weighted by atomic mass is 10.00. The van der Waals surface area contributed by atoms with Gasteiger partial charge in [-0.25, -0.2) is 8.42 Å². The van der Waals surface area contributed by atoms with Crippen molar-refractivity contribution in [3.05, 3.63) is 108 Å². The van der Waals surface area contributed by atoms with E-state index in [2.05, 4.69) is 4.72 Å². The number of hydrogen-bond donors (Lipinski definition) is 1. The maximum absolute atomic E-state index is 12.4. The average Bonchev–Trinajstić information content (AvgIpc) is 2.93. The minimum absolute atomic E-state index is 0.0362. The van der Waals surface area contributed by atoms with Crippen LogP contribution in [0.5, 0.6) is 0 Å². The Kier molecular flexibility index (Phi) is 10.2. The van der Waals surface area contributed by atoms with Crippen molar-refractivity contribution < 1.29 is 27.4 Å². The van der Waals surface area contributed by atoms with E-state index in [-0.39, 0.29) is 12.4 Å². The SMILES string of the molecule is CCS(=O)(=O)N[C@H]1C[C@@H](OCc2ccccc2)[C@@H](OCc2ccccc2)[C@@H](COCc2ccccc2)O1. The second-order valence-corrected chi connectivity index (χ2v) is 11.1. The minimum Gasteiger partial charge on any atom is -0.374 e. The second-order valence-electron chi connectivity index (χ2n) is 9.02. The van der Waals surface area contributed by atoms with Gasteiger partial charge >= 0.3 is 0 Å². The molecule has 37 heavy (non-hydrogen) atoms. The van der Waals surface area contributed by atoms with Crippen LogP contribution >= 0.6 is 0 Å². The van der Waals surface area contributed by atoms with Crippen LogP contribution in [-0.2, 0) is 48.8 Å². The Morgan fingerprint density at radius 3 is 1.84 bits per heavy atom. The summed E-state index contributed by atoms with van der Waals surface area (Å²) in [6, 6.07) is 29.7. The average molecular weight is 526 g/mol. The Hall–Kier alpha value is -2.59.